The van der Waals surface area contributed by atoms with Crippen molar-refractivity contribution in [2.75, 3.05) is 6.61 Å². The van der Waals surface area contributed by atoms with Gasteiger partial charge in [-0.15, -0.1) is 0 Å². The lowest BCUT2D eigenvalue weighted by Crippen LogP contribution is -1.94. The van der Waals surface area contributed by atoms with Crippen molar-refractivity contribution < 1.29 is 14.6 Å². The van der Waals surface area contributed by atoms with Gasteiger partial charge in [-0.1, -0.05) is 43.0 Å². The summed E-state index contributed by atoms with van der Waals surface area (Å²) < 4.78 is 5.57. The average molecular weight is 356 g/mol. The molecule has 0 saturated heterocycles. The number of hydrogen-bond donors (Lipinski definition) is 1. The Bertz CT molecular complexity index is 957. The Morgan fingerprint density at radius 3 is 1.78 bits per heavy atom. The van der Waals surface area contributed by atoms with Crippen LogP contribution in [-0.4, -0.2) is 17.7 Å². The monoisotopic (exact) mass is 356 g/mol. The van der Waals surface area contributed by atoms with Crippen molar-refractivity contribution >= 4 is 5.97 Å². The summed E-state index contributed by atoms with van der Waals surface area (Å²) in [4.78, 5) is 10.9. The highest BCUT2D eigenvalue weighted by atomic mass is 16.5. The Morgan fingerprint density at radius 1 is 0.815 bits per heavy atom. The van der Waals surface area contributed by atoms with Crippen LogP contribution in [0, 0.1) is 11.8 Å². The maximum absolute atomic E-state index is 10.9. The van der Waals surface area contributed by atoms with Crippen molar-refractivity contribution in [3.8, 4) is 28.7 Å². The molecule has 0 atom stereocenters. The lowest BCUT2D eigenvalue weighted by Gasteiger charge is -2.03. The molecule has 134 valence electrons. The van der Waals surface area contributed by atoms with E-state index in [0.717, 1.165) is 41.0 Å². The van der Waals surface area contributed by atoms with Crippen LogP contribution in [-0.2, 0) is 0 Å². The topological polar surface area (TPSA) is 46.5 Å². The van der Waals surface area contributed by atoms with E-state index in [0.29, 0.717) is 0 Å². The Labute approximate surface area is 159 Å². The van der Waals surface area contributed by atoms with E-state index in [1.54, 1.807) is 12.1 Å². The first-order valence-electron chi connectivity index (χ1n) is 8.84. The van der Waals surface area contributed by atoms with Crippen LogP contribution in [0.4, 0.5) is 0 Å². The van der Waals surface area contributed by atoms with Gasteiger partial charge in [0, 0.05) is 11.1 Å². The molecule has 3 nitrogen and oxygen atoms in total. The number of carboxylic acids is 1. The van der Waals surface area contributed by atoms with Gasteiger partial charge in [0.2, 0.25) is 0 Å². The van der Waals surface area contributed by atoms with Gasteiger partial charge in [0.05, 0.1) is 12.2 Å². The highest BCUT2D eigenvalue weighted by Gasteiger charge is 2.03. The van der Waals surface area contributed by atoms with Crippen LogP contribution in [0.2, 0.25) is 0 Å². The van der Waals surface area contributed by atoms with E-state index >= 15 is 0 Å². The zero-order chi connectivity index (χ0) is 19.1. The number of ether oxygens (including phenoxy) is 1. The van der Waals surface area contributed by atoms with Crippen LogP contribution in [0.25, 0.3) is 11.1 Å². The first-order chi connectivity index (χ1) is 13.2. The summed E-state index contributed by atoms with van der Waals surface area (Å²) in [6, 6.07) is 22.5. The highest BCUT2D eigenvalue weighted by Crippen LogP contribution is 2.20. The number of rotatable bonds is 5. The van der Waals surface area contributed by atoms with Gasteiger partial charge in [0.15, 0.2) is 0 Å². The second-order valence-corrected chi connectivity index (χ2v) is 6.08. The second-order valence-electron chi connectivity index (χ2n) is 6.08. The minimum Gasteiger partial charge on any atom is -0.494 e. The first-order valence-corrected chi connectivity index (χ1v) is 8.84. The van der Waals surface area contributed by atoms with Gasteiger partial charge >= 0.3 is 5.97 Å². The van der Waals surface area contributed by atoms with Crippen LogP contribution in [0.15, 0.2) is 72.8 Å². The van der Waals surface area contributed by atoms with E-state index < -0.39 is 5.97 Å². The summed E-state index contributed by atoms with van der Waals surface area (Å²) in [7, 11) is 0. The van der Waals surface area contributed by atoms with Crippen molar-refractivity contribution in [2.24, 2.45) is 0 Å². The number of carbonyl (C=O) groups is 1. The van der Waals surface area contributed by atoms with E-state index in [-0.39, 0.29) is 5.56 Å². The Kier molecular flexibility index (Phi) is 5.91. The minimum absolute atomic E-state index is 0.285. The van der Waals surface area contributed by atoms with Crippen LogP contribution in [0.3, 0.4) is 0 Å². The Balaban J connectivity index is 1.69. The van der Waals surface area contributed by atoms with Crippen molar-refractivity contribution in [2.45, 2.75) is 13.3 Å². The predicted octanol–water partition coefficient (Wildman–Crippen LogP) is 5.24. The molecule has 0 radical (unpaired) electrons. The molecule has 0 spiro atoms. The summed E-state index contributed by atoms with van der Waals surface area (Å²) in [5, 5.41) is 8.97. The SMILES string of the molecule is CCCOc1ccc(C#Cc2ccc(-c3ccc(C(=O)O)cc3)cc2)cc1. The van der Waals surface area contributed by atoms with Crippen LogP contribution in [0.5, 0.6) is 5.75 Å². The molecule has 0 aromatic heterocycles. The molecule has 0 heterocycles. The Hall–Kier alpha value is -3.51. The van der Waals surface area contributed by atoms with E-state index in [1.807, 2.05) is 60.7 Å². The highest BCUT2D eigenvalue weighted by molar-refractivity contribution is 5.88. The standard InChI is InChI=1S/C24H20O3/c1-2-17-27-23-15-7-19(8-16-23)4-3-18-5-9-20(10-6-18)21-11-13-22(14-12-21)24(25)26/h5-16H,2,17H2,1H3,(H,25,26). The normalized spacial score (nSPS) is 9.96. The lowest BCUT2D eigenvalue weighted by atomic mass is 10.0. The number of benzene rings is 3. The van der Waals surface area contributed by atoms with E-state index in [9.17, 15) is 4.79 Å². The predicted molar refractivity (Wildman–Crippen MR) is 107 cm³/mol. The van der Waals surface area contributed by atoms with E-state index in [2.05, 4.69) is 18.8 Å². The molecule has 0 aliphatic rings. The van der Waals surface area contributed by atoms with Crippen molar-refractivity contribution in [3.63, 3.8) is 0 Å². The van der Waals surface area contributed by atoms with E-state index in [1.165, 1.54) is 0 Å². The largest absolute Gasteiger partial charge is 0.494 e. The molecule has 0 saturated carbocycles. The molecule has 1 N–H and O–H groups in total. The maximum Gasteiger partial charge on any atom is 0.335 e. The maximum atomic E-state index is 10.9. The third-order valence-electron chi connectivity index (χ3n) is 4.03. The van der Waals surface area contributed by atoms with Gasteiger partial charge in [0.1, 0.15) is 5.75 Å². The summed E-state index contributed by atoms with van der Waals surface area (Å²) >= 11 is 0. The first kappa shape index (κ1) is 18.3. The summed E-state index contributed by atoms with van der Waals surface area (Å²) in [6.07, 6.45) is 0.987. The molecule has 0 unspecified atom stereocenters. The zero-order valence-electron chi connectivity index (χ0n) is 15.1. The molecule has 0 aliphatic heterocycles. The third-order valence-corrected chi connectivity index (χ3v) is 4.03. The summed E-state index contributed by atoms with van der Waals surface area (Å²) in [5.74, 6) is 6.25. The number of hydrogen-bond acceptors (Lipinski definition) is 2. The minimum atomic E-state index is -0.919. The fourth-order valence-corrected chi connectivity index (χ4v) is 2.55. The van der Waals surface area contributed by atoms with Gasteiger partial charge in [0.25, 0.3) is 0 Å². The third kappa shape index (κ3) is 4.99. The van der Waals surface area contributed by atoms with Crippen molar-refractivity contribution in [3.05, 3.63) is 89.5 Å². The van der Waals surface area contributed by atoms with Crippen molar-refractivity contribution in [1.82, 2.24) is 0 Å². The van der Waals surface area contributed by atoms with Gasteiger partial charge < -0.3 is 9.84 Å². The number of carboxylic acid groups (broad SMARTS) is 1. The summed E-state index contributed by atoms with van der Waals surface area (Å²) in [5.41, 5.74) is 4.14. The van der Waals surface area contributed by atoms with Crippen LogP contribution < -0.4 is 4.74 Å². The molecule has 27 heavy (non-hydrogen) atoms. The molecular formula is C24H20O3. The molecule has 0 amide bonds. The van der Waals surface area contributed by atoms with Gasteiger partial charge in [-0.25, -0.2) is 4.79 Å². The lowest BCUT2D eigenvalue weighted by molar-refractivity contribution is 0.0697. The second kappa shape index (κ2) is 8.73. The summed E-state index contributed by atoms with van der Waals surface area (Å²) in [6.45, 7) is 2.80. The molecular weight excluding hydrogens is 336 g/mol. The average Bonchev–Trinajstić information content (AvgIpc) is 2.72. The molecule has 0 aliphatic carbocycles. The molecule has 3 aromatic rings. The van der Waals surface area contributed by atoms with Gasteiger partial charge in [-0.05, 0) is 66.1 Å². The smallest absolute Gasteiger partial charge is 0.335 e. The van der Waals surface area contributed by atoms with E-state index in [4.69, 9.17) is 9.84 Å². The van der Waals surface area contributed by atoms with Crippen molar-refractivity contribution in [1.29, 1.82) is 0 Å². The molecule has 3 rings (SSSR count). The molecule has 3 heteroatoms. The Morgan fingerprint density at radius 2 is 1.30 bits per heavy atom. The van der Waals surface area contributed by atoms with Gasteiger partial charge in [-0.2, -0.15) is 0 Å². The molecule has 3 aromatic carbocycles. The molecule has 0 bridgehead atoms. The zero-order valence-corrected chi connectivity index (χ0v) is 15.1. The fraction of sp³-hybridized carbons (Fsp3) is 0.125. The fourth-order valence-electron chi connectivity index (χ4n) is 2.55. The number of aromatic carboxylic acids is 1. The van der Waals surface area contributed by atoms with Gasteiger partial charge in [-0.3, -0.25) is 0 Å². The molecule has 0 fully saturated rings. The van der Waals surface area contributed by atoms with Crippen LogP contribution >= 0.6 is 0 Å². The van der Waals surface area contributed by atoms with Crippen LogP contribution in [0.1, 0.15) is 34.8 Å². The quantitative estimate of drug-likeness (QED) is 0.636.